The summed E-state index contributed by atoms with van der Waals surface area (Å²) in [4.78, 5) is 23.9. The maximum absolute atomic E-state index is 11.5. The average Bonchev–Trinajstić information content (AvgIpc) is 3.03. The third-order valence-corrected chi connectivity index (χ3v) is 3.83. The molecule has 2 N–H and O–H groups in total. The molecular formula is C18H22N2O5. The Bertz CT molecular complexity index is 711. The van der Waals surface area contributed by atoms with E-state index in [2.05, 4.69) is 5.16 Å². The number of nitrogens with zero attached hydrogens (tertiary/aromatic N) is 2. The summed E-state index contributed by atoms with van der Waals surface area (Å²) in [5.41, 5.74) is 1.46. The summed E-state index contributed by atoms with van der Waals surface area (Å²) in [6.07, 6.45) is -0.708. The zero-order valence-electron chi connectivity index (χ0n) is 14.3. The lowest BCUT2D eigenvalue weighted by Gasteiger charge is -2.27. The van der Waals surface area contributed by atoms with E-state index in [1.165, 1.54) is 0 Å². The van der Waals surface area contributed by atoms with Gasteiger partial charge in [-0.1, -0.05) is 49.3 Å². The van der Waals surface area contributed by atoms with Gasteiger partial charge in [-0.2, -0.15) is 0 Å². The summed E-state index contributed by atoms with van der Waals surface area (Å²) in [6.45, 7) is 3.76. The zero-order valence-corrected chi connectivity index (χ0v) is 14.3. The third-order valence-electron chi connectivity index (χ3n) is 3.83. The number of aromatic nitrogens is 1. The fourth-order valence-corrected chi connectivity index (χ4v) is 2.60. The molecule has 2 rings (SSSR count). The summed E-state index contributed by atoms with van der Waals surface area (Å²) in [7, 11) is 0. The molecule has 0 radical (unpaired) electrons. The minimum atomic E-state index is -1.25. The van der Waals surface area contributed by atoms with Crippen LogP contribution >= 0.6 is 0 Å². The summed E-state index contributed by atoms with van der Waals surface area (Å²) < 4.78 is 5.28. The van der Waals surface area contributed by atoms with E-state index < -0.39 is 18.1 Å². The first-order chi connectivity index (χ1) is 11.9. The predicted octanol–water partition coefficient (Wildman–Crippen LogP) is 3.36. The minimum Gasteiger partial charge on any atom is -0.480 e. The van der Waals surface area contributed by atoms with E-state index in [4.69, 9.17) is 4.52 Å². The molecule has 1 amide bonds. The molecule has 1 heterocycles. The van der Waals surface area contributed by atoms with Gasteiger partial charge in [0, 0.05) is 24.6 Å². The second-order valence-corrected chi connectivity index (χ2v) is 6.26. The molecule has 0 aliphatic rings. The van der Waals surface area contributed by atoms with Gasteiger partial charge in [-0.05, 0) is 12.3 Å². The molecule has 7 nitrogen and oxygen atoms in total. The largest absolute Gasteiger partial charge is 0.480 e. The highest BCUT2D eigenvalue weighted by atomic mass is 16.5. The second-order valence-electron chi connectivity index (χ2n) is 6.26. The van der Waals surface area contributed by atoms with Crippen LogP contribution in [-0.4, -0.2) is 44.9 Å². The lowest BCUT2D eigenvalue weighted by molar-refractivity contribution is -0.143. The highest BCUT2D eigenvalue weighted by Crippen LogP contribution is 2.20. The molecule has 0 unspecified atom stereocenters. The van der Waals surface area contributed by atoms with E-state index >= 15 is 0 Å². The first-order valence-electron chi connectivity index (χ1n) is 8.12. The molecule has 134 valence electrons. The van der Waals surface area contributed by atoms with Crippen LogP contribution in [0.1, 0.15) is 26.0 Å². The van der Waals surface area contributed by atoms with E-state index in [0.29, 0.717) is 11.5 Å². The Morgan fingerprint density at radius 3 is 2.44 bits per heavy atom. The van der Waals surface area contributed by atoms with Crippen molar-refractivity contribution in [3.05, 3.63) is 42.1 Å². The Labute approximate surface area is 145 Å². The van der Waals surface area contributed by atoms with Crippen LogP contribution in [0.3, 0.4) is 0 Å². The van der Waals surface area contributed by atoms with Crippen LogP contribution < -0.4 is 0 Å². The number of carboxylic acid groups (broad SMARTS) is 2. The number of hydrogen-bond donors (Lipinski definition) is 2. The van der Waals surface area contributed by atoms with Gasteiger partial charge in [-0.25, -0.2) is 9.59 Å². The van der Waals surface area contributed by atoms with Crippen molar-refractivity contribution in [1.82, 2.24) is 10.1 Å². The van der Waals surface area contributed by atoms with Gasteiger partial charge in [0.05, 0.1) is 5.69 Å². The lowest BCUT2D eigenvalue weighted by atomic mass is 10.0. The van der Waals surface area contributed by atoms with Gasteiger partial charge < -0.3 is 14.7 Å². The van der Waals surface area contributed by atoms with E-state index in [9.17, 15) is 19.8 Å². The molecule has 0 aliphatic heterocycles. The Kier molecular flexibility index (Phi) is 6.16. The van der Waals surface area contributed by atoms with Gasteiger partial charge in [0.25, 0.3) is 0 Å². The quantitative estimate of drug-likeness (QED) is 0.759. The maximum atomic E-state index is 11.5. The Morgan fingerprint density at radius 1 is 1.20 bits per heavy atom. The van der Waals surface area contributed by atoms with Gasteiger partial charge in [-0.3, -0.25) is 4.90 Å². The molecule has 1 aromatic heterocycles. The van der Waals surface area contributed by atoms with Crippen LogP contribution in [0.25, 0.3) is 11.3 Å². The second kappa shape index (κ2) is 8.32. The predicted molar refractivity (Wildman–Crippen MR) is 91.3 cm³/mol. The lowest BCUT2D eigenvalue weighted by Crippen LogP contribution is -2.46. The van der Waals surface area contributed by atoms with Gasteiger partial charge in [-0.15, -0.1) is 0 Å². The number of carbonyl (C=O) groups is 2. The topological polar surface area (TPSA) is 104 Å². The van der Waals surface area contributed by atoms with E-state index in [-0.39, 0.29) is 25.3 Å². The van der Waals surface area contributed by atoms with Crippen molar-refractivity contribution in [2.75, 3.05) is 6.54 Å². The van der Waals surface area contributed by atoms with Crippen LogP contribution in [0.4, 0.5) is 4.79 Å². The van der Waals surface area contributed by atoms with Crippen molar-refractivity contribution in [2.24, 2.45) is 5.92 Å². The first kappa shape index (κ1) is 18.5. The number of carboxylic acids is 1. The van der Waals surface area contributed by atoms with Crippen LogP contribution in [0.2, 0.25) is 0 Å². The minimum absolute atomic E-state index is 0.0415. The van der Waals surface area contributed by atoms with Crippen LogP contribution in [0.15, 0.2) is 40.9 Å². The van der Waals surface area contributed by atoms with Gasteiger partial charge in [0.2, 0.25) is 0 Å². The van der Waals surface area contributed by atoms with E-state index in [1.807, 2.05) is 44.2 Å². The Hall–Kier alpha value is -2.83. The number of benzene rings is 1. The van der Waals surface area contributed by atoms with Crippen molar-refractivity contribution in [3.8, 4) is 11.3 Å². The van der Waals surface area contributed by atoms with E-state index in [0.717, 1.165) is 10.5 Å². The molecule has 2 aromatic rings. The SMILES string of the molecule is CC(C)C[C@@H](C(=O)O)N(CCc1cc(-c2ccccc2)on1)C(=O)O. The summed E-state index contributed by atoms with van der Waals surface area (Å²) in [5, 5.41) is 22.7. The first-order valence-corrected chi connectivity index (χ1v) is 8.12. The smallest absolute Gasteiger partial charge is 0.408 e. The van der Waals surface area contributed by atoms with Gasteiger partial charge in [0.1, 0.15) is 6.04 Å². The molecule has 0 saturated heterocycles. The molecule has 1 atom stereocenters. The zero-order chi connectivity index (χ0) is 18.4. The standard InChI is InChI=1S/C18H22N2O5/c1-12(2)10-15(17(21)22)20(18(23)24)9-8-14-11-16(25-19-14)13-6-4-3-5-7-13/h3-7,11-12,15H,8-10H2,1-2H3,(H,21,22)(H,23,24)/t15-/m0/s1. The molecule has 25 heavy (non-hydrogen) atoms. The van der Waals surface area contributed by atoms with E-state index in [1.54, 1.807) is 6.07 Å². The molecule has 0 aliphatic carbocycles. The molecule has 0 fully saturated rings. The van der Waals surface area contributed by atoms with Crippen molar-refractivity contribution in [1.29, 1.82) is 0 Å². The van der Waals surface area contributed by atoms with Crippen LogP contribution in [-0.2, 0) is 11.2 Å². The molecule has 1 aromatic carbocycles. The number of hydrogen-bond acceptors (Lipinski definition) is 4. The number of aliphatic carboxylic acids is 1. The maximum Gasteiger partial charge on any atom is 0.408 e. The normalized spacial score (nSPS) is 12.1. The number of rotatable bonds is 8. The van der Waals surface area contributed by atoms with Crippen molar-refractivity contribution in [3.63, 3.8) is 0 Å². The van der Waals surface area contributed by atoms with Crippen molar-refractivity contribution < 1.29 is 24.3 Å². The van der Waals surface area contributed by atoms with Gasteiger partial charge >= 0.3 is 12.1 Å². The summed E-state index contributed by atoms with van der Waals surface area (Å²) >= 11 is 0. The molecule has 7 heteroatoms. The molecule has 0 spiro atoms. The number of amides is 1. The Morgan fingerprint density at radius 2 is 1.88 bits per heavy atom. The highest BCUT2D eigenvalue weighted by Gasteiger charge is 2.30. The molecule has 0 saturated carbocycles. The van der Waals surface area contributed by atoms with Crippen molar-refractivity contribution in [2.45, 2.75) is 32.7 Å². The fourth-order valence-electron chi connectivity index (χ4n) is 2.60. The monoisotopic (exact) mass is 346 g/mol. The Balaban J connectivity index is 2.07. The molecular weight excluding hydrogens is 324 g/mol. The van der Waals surface area contributed by atoms with Crippen LogP contribution in [0.5, 0.6) is 0 Å². The molecule has 0 bridgehead atoms. The third kappa shape index (κ3) is 5.07. The van der Waals surface area contributed by atoms with Gasteiger partial charge in [0.15, 0.2) is 5.76 Å². The summed E-state index contributed by atoms with van der Waals surface area (Å²) in [6, 6.07) is 10.1. The van der Waals surface area contributed by atoms with Crippen molar-refractivity contribution >= 4 is 12.1 Å². The van der Waals surface area contributed by atoms with Crippen LogP contribution in [0, 0.1) is 5.92 Å². The average molecular weight is 346 g/mol. The summed E-state index contributed by atoms with van der Waals surface area (Å²) in [5.74, 6) is -0.477. The highest BCUT2D eigenvalue weighted by molar-refractivity contribution is 5.79. The fraction of sp³-hybridized carbons (Fsp3) is 0.389.